The number of anilines is 1. The van der Waals surface area contributed by atoms with Gasteiger partial charge in [-0.15, -0.1) is 0 Å². The number of ketones is 1. The Balaban J connectivity index is 2.35. The Morgan fingerprint density at radius 1 is 1.38 bits per heavy atom. The molecular formula is C15H16N2O4. The van der Waals surface area contributed by atoms with Crippen LogP contribution in [0.1, 0.15) is 30.0 Å². The Kier molecular flexibility index (Phi) is 4.37. The van der Waals surface area contributed by atoms with Gasteiger partial charge in [0.05, 0.1) is 23.3 Å². The van der Waals surface area contributed by atoms with E-state index in [4.69, 9.17) is 4.42 Å². The Labute approximate surface area is 122 Å². The van der Waals surface area contributed by atoms with Gasteiger partial charge in [0.1, 0.15) is 5.76 Å². The zero-order chi connectivity index (χ0) is 15.4. The van der Waals surface area contributed by atoms with Gasteiger partial charge in [0.25, 0.3) is 5.69 Å². The fraction of sp³-hybridized carbons (Fsp3) is 0.267. The highest BCUT2D eigenvalue weighted by molar-refractivity contribution is 5.99. The van der Waals surface area contributed by atoms with Crippen molar-refractivity contribution in [3.8, 4) is 0 Å². The largest absolute Gasteiger partial charge is 0.467 e. The van der Waals surface area contributed by atoms with Crippen molar-refractivity contribution in [2.75, 3.05) is 11.4 Å². The lowest BCUT2D eigenvalue weighted by atomic mass is 10.1. The lowest BCUT2D eigenvalue weighted by Crippen LogP contribution is -2.22. The number of nitro benzene ring substituents is 1. The molecule has 0 aliphatic carbocycles. The molecule has 0 amide bonds. The molecule has 1 aromatic heterocycles. The maximum absolute atomic E-state index is 11.6. The van der Waals surface area contributed by atoms with Crippen LogP contribution in [-0.2, 0) is 6.54 Å². The first-order valence-electron chi connectivity index (χ1n) is 6.59. The number of nitro groups is 1. The second-order valence-electron chi connectivity index (χ2n) is 4.61. The van der Waals surface area contributed by atoms with E-state index in [1.807, 2.05) is 17.9 Å². The molecule has 1 aromatic carbocycles. The smallest absolute Gasteiger partial charge is 0.280 e. The van der Waals surface area contributed by atoms with Crippen molar-refractivity contribution in [3.05, 3.63) is 58.0 Å². The molecule has 2 rings (SSSR count). The molecule has 1 heterocycles. The summed E-state index contributed by atoms with van der Waals surface area (Å²) in [7, 11) is 0. The quantitative estimate of drug-likeness (QED) is 0.462. The van der Waals surface area contributed by atoms with Crippen LogP contribution in [0, 0.1) is 10.1 Å². The lowest BCUT2D eigenvalue weighted by molar-refractivity contribution is -0.385. The molecule has 6 heteroatoms. The minimum Gasteiger partial charge on any atom is -0.467 e. The highest BCUT2D eigenvalue weighted by Gasteiger charge is 2.19. The lowest BCUT2D eigenvalue weighted by Gasteiger charge is -2.22. The van der Waals surface area contributed by atoms with Crippen LogP contribution in [0.25, 0.3) is 0 Å². The summed E-state index contributed by atoms with van der Waals surface area (Å²) in [4.78, 5) is 24.0. The Hall–Kier alpha value is -2.63. The molecule has 0 bridgehead atoms. The van der Waals surface area contributed by atoms with Crippen molar-refractivity contribution in [1.82, 2.24) is 0 Å². The number of hydrogen-bond acceptors (Lipinski definition) is 5. The zero-order valence-corrected chi connectivity index (χ0v) is 11.9. The number of benzene rings is 1. The van der Waals surface area contributed by atoms with Crippen LogP contribution in [0.2, 0.25) is 0 Å². The third kappa shape index (κ3) is 3.28. The summed E-state index contributed by atoms with van der Waals surface area (Å²) in [5, 5.41) is 11.0. The second-order valence-corrected chi connectivity index (χ2v) is 4.61. The van der Waals surface area contributed by atoms with Crippen molar-refractivity contribution in [2.24, 2.45) is 0 Å². The molecule has 6 nitrogen and oxygen atoms in total. The predicted octanol–water partition coefficient (Wildman–Crippen LogP) is 3.42. The Bertz CT molecular complexity index is 650. The molecule has 0 unspecified atom stereocenters. The minimum atomic E-state index is -0.538. The van der Waals surface area contributed by atoms with Gasteiger partial charge in [-0.25, -0.2) is 0 Å². The van der Waals surface area contributed by atoms with Gasteiger partial charge >= 0.3 is 0 Å². The maximum Gasteiger partial charge on any atom is 0.280 e. The molecule has 21 heavy (non-hydrogen) atoms. The first-order chi connectivity index (χ1) is 10.0. The third-order valence-corrected chi connectivity index (χ3v) is 3.23. The molecular weight excluding hydrogens is 272 g/mol. The first-order valence-corrected chi connectivity index (χ1v) is 6.59. The monoisotopic (exact) mass is 288 g/mol. The molecule has 0 fully saturated rings. The van der Waals surface area contributed by atoms with Crippen molar-refractivity contribution in [2.45, 2.75) is 20.4 Å². The van der Waals surface area contributed by atoms with Crippen molar-refractivity contribution < 1.29 is 14.1 Å². The number of hydrogen-bond donors (Lipinski definition) is 0. The van der Waals surface area contributed by atoms with Crippen LogP contribution >= 0.6 is 0 Å². The number of Topliss-reactive ketones (excluding diaryl/α,β-unsaturated/α-hetero) is 1. The van der Waals surface area contributed by atoms with Crippen molar-refractivity contribution in [3.63, 3.8) is 0 Å². The van der Waals surface area contributed by atoms with E-state index in [0.29, 0.717) is 13.1 Å². The highest BCUT2D eigenvalue weighted by Crippen LogP contribution is 2.26. The predicted molar refractivity (Wildman–Crippen MR) is 78.5 cm³/mol. The van der Waals surface area contributed by atoms with E-state index < -0.39 is 4.92 Å². The summed E-state index contributed by atoms with van der Waals surface area (Å²) in [5.74, 6) is 0.470. The maximum atomic E-state index is 11.6. The molecule has 0 spiro atoms. The zero-order valence-electron chi connectivity index (χ0n) is 11.9. The van der Waals surface area contributed by atoms with E-state index in [1.165, 1.54) is 13.0 Å². The summed E-state index contributed by atoms with van der Waals surface area (Å²) >= 11 is 0. The normalized spacial score (nSPS) is 10.4. The van der Waals surface area contributed by atoms with E-state index in [2.05, 4.69) is 0 Å². The molecule has 0 atom stereocenters. The highest BCUT2D eigenvalue weighted by atomic mass is 16.6. The fourth-order valence-electron chi connectivity index (χ4n) is 2.14. The van der Waals surface area contributed by atoms with Gasteiger partial charge in [0, 0.05) is 18.3 Å². The van der Waals surface area contributed by atoms with Crippen molar-refractivity contribution in [1.29, 1.82) is 0 Å². The number of rotatable bonds is 6. The molecule has 2 aromatic rings. The summed E-state index contributed by atoms with van der Waals surface area (Å²) in [6.07, 6.45) is 1.60. The molecule has 0 saturated heterocycles. The fourth-order valence-corrected chi connectivity index (χ4v) is 2.14. The number of carbonyl (C=O) groups excluding carboxylic acids is 1. The van der Waals surface area contributed by atoms with Crippen LogP contribution in [0.4, 0.5) is 11.4 Å². The van der Waals surface area contributed by atoms with E-state index in [1.54, 1.807) is 24.5 Å². The van der Waals surface area contributed by atoms with E-state index in [0.717, 1.165) is 11.4 Å². The Morgan fingerprint density at radius 2 is 2.14 bits per heavy atom. The van der Waals surface area contributed by atoms with Gasteiger partial charge < -0.3 is 9.32 Å². The molecule has 110 valence electrons. The molecule has 0 N–H and O–H groups in total. The molecule has 0 saturated carbocycles. The summed E-state index contributed by atoms with van der Waals surface area (Å²) in [6, 6.07) is 8.25. The SMILES string of the molecule is CCN(Cc1ccco1)c1ccc([N+](=O)[O-])c(C(C)=O)c1. The molecule has 0 aliphatic heterocycles. The van der Waals surface area contributed by atoms with Crippen LogP contribution in [0.3, 0.4) is 0 Å². The molecule has 0 aliphatic rings. The minimum absolute atomic E-state index is 0.121. The van der Waals surface area contributed by atoms with Gasteiger partial charge in [-0.1, -0.05) is 0 Å². The Morgan fingerprint density at radius 3 is 2.67 bits per heavy atom. The van der Waals surface area contributed by atoms with Gasteiger partial charge in [-0.2, -0.15) is 0 Å². The number of carbonyl (C=O) groups is 1. The molecule has 0 radical (unpaired) electrons. The first kappa shape index (κ1) is 14.8. The standard InChI is InChI=1S/C15H16N2O4/c1-3-16(10-13-5-4-8-21-13)12-6-7-15(17(19)20)14(9-12)11(2)18/h4-9H,3,10H2,1-2H3. The van der Waals surface area contributed by atoms with E-state index in [9.17, 15) is 14.9 Å². The number of furan rings is 1. The van der Waals surface area contributed by atoms with Gasteiger partial charge in [0.2, 0.25) is 0 Å². The van der Waals surface area contributed by atoms with Crippen LogP contribution in [-0.4, -0.2) is 17.3 Å². The van der Waals surface area contributed by atoms with Crippen LogP contribution in [0.5, 0.6) is 0 Å². The topological polar surface area (TPSA) is 76.6 Å². The number of nitrogens with zero attached hydrogens (tertiary/aromatic N) is 2. The van der Waals surface area contributed by atoms with Gasteiger partial charge in [-0.3, -0.25) is 14.9 Å². The van der Waals surface area contributed by atoms with E-state index >= 15 is 0 Å². The third-order valence-electron chi connectivity index (χ3n) is 3.23. The van der Waals surface area contributed by atoms with Crippen LogP contribution in [0.15, 0.2) is 41.0 Å². The van der Waals surface area contributed by atoms with Gasteiger partial charge in [-0.05, 0) is 38.1 Å². The van der Waals surface area contributed by atoms with E-state index in [-0.39, 0.29) is 17.0 Å². The van der Waals surface area contributed by atoms with Crippen LogP contribution < -0.4 is 4.90 Å². The second kappa shape index (κ2) is 6.21. The van der Waals surface area contributed by atoms with Gasteiger partial charge in [0.15, 0.2) is 5.78 Å². The van der Waals surface area contributed by atoms with Crippen molar-refractivity contribution >= 4 is 17.2 Å². The summed E-state index contributed by atoms with van der Waals surface area (Å²) in [5.41, 5.74) is 0.709. The summed E-state index contributed by atoms with van der Waals surface area (Å²) < 4.78 is 5.31. The average molecular weight is 288 g/mol. The average Bonchev–Trinajstić information content (AvgIpc) is 2.97. The summed E-state index contributed by atoms with van der Waals surface area (Å²) in [6.45, 7) is 4.53.